The number of ketones is 1. The minimum absolute atomic E-state index is 0.00448. The van der Waals surface area contributed by atoms with Gasteiger partial charge < -0.3 is 9.15 Å². The van der Waals surface area contributed by atoms with E-state index in [9.17, 15) is 9.59 Å². The van der Waals surface area contributed by atoms with E-state index < -0.39 is 5.97 Å². The Morgan fingerprint density at radius 2 is 2.14 bits per heavy atom. The molecular formula is C10H12O4. The first-order chi connectivity index (χ1) is 6.54. The van der Waals surface area contributed by atoms with Crippen molar-refractivity contribution >= 4 is 11.8 Å². The average molecular weight is 196 g/mol. The number of ether oxygens (including phenoxy) is 1. The van der Waals surface area contributed by atoms with Crippen LogP contribution < -0.4 is 0 Å². The molecule has 0 saturated heterocycles. The number of aryl methyl sites for hydroxylation is 1. The fraction of sp³-hybridized carbons (Fsp3) is 0.400. The smallest absolute Gasteiger partial charge is 0.341 e. The van der Waals surface area contributed by atoms with E-state index in [1.165, 1.54) is 14.0 Å². The van der Waals surface area contributed by atoms with Gasteiger partial charge in [-0.15, -0.1) is 0 Å². The molecule has 14 heavy (non-hydrogen) atoms. The lowest BCUT2D eigenvalue weighted by atomic mass is 10.2. The van der Waals surface area contributed by atoms with Crippen LogP contribution in [0.25, 0.3) is 0 Å². The quantitative estimate of drug-likeness (QED) is 0.687. The molecule has 0 aliphatic carbocycles. The second-order valence-corrected chi connectivity index (χ2v) is 3.05. The first-order valence-electron chi connectivity index (χ1n) is 4.21. The number of Topliss-reactive ketones (excluding diaryl/α,β-unsaturated/α-hetero) is 1. The predicted molar refractivity (Wildman–Crippen MR) is 49.2 cm³/mol. The number of methoxy groups -OCH3 is 1. The molecule has 76 valence electrons. The van der Waals surface area contributed by atoms with Crippen LogP contribution in [0.4, 0.5) is 0 Å². The summed E-state index contributed by atoms with van der Waals surface area (Å²) < 4.78 is 9.78. The van der Waals surface area contributed by atoms with E-state index in [4.69, 9.17) is 4.42 Å². The van der Waals surface area contributed by atoms with Crippen LogP contribution in [0, 0.1) is 6.92 Å². The molecule has 0 saturated carbocycles. The van der Waals surface area contributed by atoms with E-state index >= 15 is 0 Å². The number of furan rings is 1. The van der Waals surface area contributed by atoms with Crippen LogP contribution in [-0.2, 0) is 16.0 Å². The van der Waals surface area contributed by atoms with Gasteiger partial charge in [-0.05, 0) is 19.9 Å². The first-order valence-corrected chi connectivity index (χ1v) is 4.21. The molecule has 4 nitrogen and oxygen atoms in total. The summed E-state index contributed by atoms with van der Waals surface area (Å²) in [6.45, 7) is 3.13. The highest BCUT2D eigenvalue weighted by atomic mass is 16.5. The molecule has 1 aromatic heterocycles. The van der Waals surface area contributed by atoms with Gasteiger partial charge >= 0.3 is 5.97 Å². The molecule has 1 aromatic rings. The second-order valence-electron chi connectivity index (χ2n) is 3.05. The zero-order chi connectivity index (χ0) is 10.7. The van der Waals surface area contributed by atoms with Gasteiger partial charge in [0.2, 0.25) is 0 Å². The SMILES string of the molecule is COC(=O)c1cc(CC(C)=O)oc1C. The number of rotatable bonds is 3. The molecule has 0 aliphatic heterocycles. The number of carbonyl (C=O) groups excluding carboxylic acids is 2. The number of hydrogen-bond donors (Lipinski definition) is 0. The number of hydrogen-bond acceptors (Lipinski definition) is 4. The van der Waals surface area contributed by atoms with Gasteiger partial charge in [0, 0.05) is 0 Å². The summed E-state index contributed by atoms with van der Waals surface area (Å²) in [5, 5.41) is 0. The fourth-order valence-electron chi connectivity index (χ4n) is 1.19. The monoisotopic (exact) mass is 196 g/mol. The Kier molecular flexibility index (Phi) is 3.06. The molecule has 0 fully saturated rings. The van der Waals surface area contributed by atoms with Gasteiger partial charge in [0.1, 0.15) is 22.9 Å². The Morgan fingerprint density at radius 3 is 2.64 bits per heavy atom. The lowest BCUT2D eigenvalue weighted by Crippen LogP contribution is -2.00. The van der Waals surface area contributed by atoms with Gasteiger partial charge in [-0.25, -0.2) is 4.79 Å². The molecule has 0 amide bonds. The van der Waals surface area contributed by atoms with Gasteiger partial charge in [-0.2, -0.15) is 0 Å². The van der Waals surface area contributed by atoms with E-state index in [1.54, 1.807) is 13.0 Å². The lowest BCUT2D eigenvalue weighted by Gasteiger charge is -1.93. The zero-order valence-corrected chi connectivity index (χ0v) is 8.42. The Labute approximate surface area is 81.9 Å². The van der Waals surface area contributed by atoms with Gasteiger partial charge in [0.25, 0.3) is 0 Å². The molecule has 4 heteroatoms. The third-order valence-corrected chi connectivity index (χ3v) is 1.80. The number of carbonyl (C=O) groups is 2. The Balaban J connectivity index is 2.93. The highest BCUT2D eigenvalue weighted by Crippen LogP contribution is 2.16. The molecule has 0 bridgehead atoms. The molecule has 0 unspecified atom stereocenters. The summed E-state index contributed by atoms with van der Waals surface area (Å²) in [5.41, 5.74) is 0.378. The summed E-state index contributed by atoms with van der Waals surface area (Å²) >= 11 is 0. The summed E-state index contributed by atoms with van der Waals surface area (Å²) in [6, 6.07) is 1.54. The topological polar surface area (TPSA) is 56.5 Å². The van der Waals surface area contributed by atoms with Crippen molar-refractivity contribution in [1.29, 1.82) is 0 Å². The largest absolute Gasteiger partial charge is 0.465 e. The average Bonchev–Trinajstić information content (AvgIpc) is 2.44. The minimum atomic E-state index is -0.443. The second kappa shape index (κ2) is 4.09. The van der Waals surface area contributed by atoms with Crippen LogP contribution in [0.1, 0.15) is 28.8 Å². The molecule has 1 heterocycles. The summed E-state index contributed by atoms with van der Waals surface area (Å²) in [4.78, 5) is 22.0. The van der Waals surface area contributed by atoms with E-state index in [0.717, 1.165) is 0 Å². The summed E-state index contributed by atoms with van der Waals surface area (Å²) in [6.07, 6.45) is 0.206. The van der Waals surface area contributed by atoms with Crippen molar-refractivity contribution in [2.24, 2.45) is 0 Å². The third kappa shape index (κ3) is 2.22. The zero-order valence-electron chi connectivity index (χ0n) is 8.42. The molecule has 0 radical (unpaired) electrons. The maximum Gasteiger partial charge on any atom is 0.341 e. The van der Waals surface area contributed by atoms with E-state index in [1.807, 2.05) is 0 Å². The molecule has 0 N–H and O–H groups in total. The highest BCUT2D eigenvalue weighted by molar-refractivity contribution is 5.90. The van der Waals surface area contributed by atoms with Crippen molar-refractivity contribution < 1.29 is 18.7 Å². The van der Waals surface area contributed by atoms with Crippen LogP contribution in [0.3, 0.4) is 0 Å². The van der Waals surface area contributed by atoms with Gasteiger partial charge in [0.05, 0.1) is 13.5 Å². The maximum absolute atomic E-state index is 11.2. The lowest BCUT2D eigenvalue weighted by molar-refractivity contribution is -0.116. The van der Waals surface area contributed by atoms with Crippen molar-refractivity contribution in [3.63, 3.8) is 0 Å². The van der Waals surface area contributed by atoms with Crippen molar-refractivity contribution in [2.45, 2.75) is 20.3 Å². The van der Waals surface area contributed by atoms with E-state index in [0.29, 0.717) is 17.1 Å². The standard InChI is InChI=1S/C10H12O4/c1-6(11)4-8-5-9(7(2)14-8)10(12)13-3/h5H,4H2,1-3H3. The van der Waals surface area contributed by atoms with E-state index in [2.05, 4.69) is 4.74 Å². The molecular weight excluding hydrogens is 184 g/mol. The van der Waals surface area contributed by atoms with Crippen LogP contribution in [-0.4, -0.2) is 18.9 Å². The summed E-state index contributed by atoms with van der Waals surface area (Å²) in [5.74, 6) is 0.528. The van der Waals surface area contributed by atoms with Crippen molar-refractivity contribution in [3.05, 3.63) is 23.2 Å². The Hall–Kier alpha value is -1.58. The molecule has 0 spiro atoms. The van der Waals surface area contributed by atoms with Crippen molar-refractivity contribution in [3.8, 4) is 0 Å². The van der Waals surface area contributed by atoms with Crippen LogP contribution >= 0.6 is 0 Å². The molecule has 1 rings (SSSR count). The van der Waals surface area contributed by atoms with Crippen LogP contribution in [0.15, 0.2) is 10.5 Å². The summed E-state index contributed by atoms with van der Waals surface area (Å²) in [7, 11) is 1.30. The van der Waals surface area contributed by atoms with Crippen molar-refractivity contribution in [2.75, 3.05) is 7.11 Å². The predicted octanol–water partition coefficient (Wildman–Crippen LogP) is 1.51. The van der Waals surface area contributed by atoms with Gasteiger partial charge in [-0.3, -0.25) is 4.79 Å². The van der Waals surface area contributed by atoms with Crippen LogP contribution in [0.2, 0.25) is 0 Å². The maximum atomic E-state index is 11.2. The molecule has 0 atom stereocenters. The molecule has 0 aliphatic rings. The number of esters is 1. The minimum Gasteiger partial charge on any atom is -0.465 e. The Morgan fingerprint density at radius 1 is 1.50 bits per heavy atom. The highest BCUT2D eigenvalue weighted by Gasteiger charge is 2.15. The Bertz CT molecular complexity index is 362. The van der Waals surface area contributed by atoms with Crippen LogP contribution in [0.5, 0.6) is 0 Å². The van der Waals surface area contributed by atoms with Gasteiger partial charge in [0.15, 0.2) is 0 Å². The normalized spacial score (nSPS) is 9.93. The first kappa shape index (κ1) is 10.5. The van der Waals surface area contributed by atoms with Gasteiger partial charge in [-0.1, -0.05) is 0 Å². The molecule has 0 aromatic carbocycles. The van der Waals surface area contributed by atoms with Crippen molar-refractivity contribution in [1.82, 2.24) is 0 Å². The third-order valence-electron chi connectivity index (χ3n) is 1.80. The van der Waals surface area contributed by atoms with E-state index in [-0.39, 0.29) is 12.2 Å². The fourth-order valence-corrected chi connectivity index (χ4v) is 1.19.